The molecule has 0 aliphatic carbocycles. The number of hydrogen-bond donors (Lipinski definition) is 1. The van der Waals surface area contributed by atoms with Crippen molar-refractivity contribution in [1.82, 2.24) is 5.32 Å². The van der Waals surface area contributed by atoms with Gasteiger partial charge in [-0.3, -0.25) is 4.79 Å². The Labute approximate surface area is 137 Å². The van der Waals surface area contributed by atoms with Gasteiger partial charge >= 0.3 is 7.12 Å². The number of halogens is 1. The third-order valence-electron chi connectivity index (χ3n) is 4.58. The van der Waals surface area contributed by atoms with Crippen LogP contribution in [0.5, 0.6) is 0 Å². The second-order valence-electron chi connectivity index (χ2n) is 6.93. The summed E-state index contributed by atoms with van der Waals surface area (Å²) in [6.45, 7) is 10.4. The maximum Gasteiger partial charge on any atom is 0.495 e. The lowest BCUT2D eigenvalue weighted by Crippen LogP contribution is -2.41. The molecule has 23 heavy (non-hydrogen) atoms. The number of rotatable bonds is 5. The third kappa shape index (κ3) is 3.75. The normalized spacial score (nSPS) is 19.0. The molecular formula is C17H25BFNO3. The highest BCUT2D eigenvalue weighted by atomic mass is 19.1. The first-order valence-corrected chi connectivity index (χ1v) is 8.11. The fourth-order valence-electron chi connectivity index (χ4n) is 2.37. The topological polar surface area (TPSA) is 47.6 Å². The van der Waals surface area contributed by atoms with Crippen molar-refractivity contribution >= 4 is 18.5 Å². The summed E-state index contributed by atoms with van der Waals surface area (Å²) in [7, 11) is -0.687. The number of carbonyl (C=O) groups excluding carboxylic acids is 1. The van der Waals surface area contributed by atoms with Gasteiger partial charge in [0.2, 0.25) is 0 Å². The zero-order valence-corrected chi connectivity index (χ0v) is 14.5. The predicted octanol–water partition coefficient (Wildman–Crippen LogP) is 2.65. The van der Waals surface area contributed by atoms with Gasteiger partial charge in [0.15, 0.2) is 0 Å². The molecule has 1 saturated heterocycles. The van der Waals surface area contributed by atoms with Crippen molar-refractivity contribution in [3.8, 4) is 0 Å². The van der Waals surface area contributed by atoms with Gasteiger partial charge in [0, 0.05) is 12.1 Å². The fourth-order valence-corrected chi connectivity index (χ4v) is 2.37. The van der Waals surface area contributed by atoms with Crippen LogP contribution in [0.1, 0.15) is 57.8 Å². The number of nitrogens with one attached hydrogen (secondary N) is 1. The minimum atomic E-state index is -0.687. The van der Waals surface area contributed by atoms with E-state index in [1.807, 2.05) is 34.6 Å². The number of unbranched alkanes of at least 4 members (excludes halogenated alkanes) is 1. The van der Waals surface area contributed by atoms with Crippen LogP contribution in [0.4, 0.5) is 4.39 Å². The molecule has 2 rings (SSSR count). The van der Waals surface area contributed by atoms with Crippen LogP contribution in [-0.4, -0.2) is 30.8 Å². The van der Waals surface area contributed by atoms with Gasteiger partial charge in [-0.25, -0.2) is 4.39 Å². The third-order valence-corrected chi connectivity index (χ3v) is 4.58. The Morgan fingerprint density at radius 2 is 1.83 bits per heavy atom. The highest BCUT2D eigenvalue weighted by Crippen LogP contribution is 2.36. The largest absolute Gasteiger partial charge is 0.495 e. The van der Waals surface area contributed by atoms with E-state index in [2.05, 4.69) is 5.32 Å². The molecule has 1 aliphatic heterocycles. The van der Waals surface area contributed by atoms with Gasteiger partial charge in [-0.2, -0.15) is 0 Å². The molecule has 0 unspecified atom stereocenters. The molecular weight excluding hydrogens is 296 g/mol. The van der Waals surface area contributed by atoms with Crippen LogP contribution >= 0.6 is 0 Å². The molecule has 0 spiro atoms. The summed E-state index contributed by atoms with van der Waals surface area (Å²) in [6.07, 6.45) is 1.86. The van der Waals surface area contributed by atoms with Crippen molar-refractivity contribution in [3.05, 3.63) is 29.6 Å². The molecule has 4 nitrogen and oxygen atoms in total. The Hall–Kier alpha value is -1.40. The van der Waals surface area contributed by atoms with E-state index in [4.69, 9.17) is 9.31 Å². The smallest absolute Gasteiger partial charge is 0.399 e. The van der Waals surface area contributed by atoms with Gasteiger partial charge in [-0.15, -0.1) is 0 Å². The molecule has 6 heteroatoms. The maximum atomic E-state index is 13.6. The molecule has 0 radical (unpaired) electrons. The quantitative estimate of drug-likeness (QED) is 0.670. The molecule has 1 aliphatic rings. The molecule has 1 N–H and O–H groups in total. The molecule has 0 atom stereocenters. The highest BCUT2D eigenvalue weighted by Gasteiger charge is 2.52. The molecule has 0 aromatic heterocycles. The first-order chi connectivity index (χ1) is 10.7. The molecule has 0 bridgehead atoms. The summed E-state index contributed by atoms with van der Waals surface area (Å²) in [6, 6.07) is 4.12. The van der Waals surface area contributed by atoms with Crippen LogP contribution in [0.2, 0.25) is 0 Å². The minimum absolute atomic E-state index is 0.264. The Morgan fingerprint density at radius 3 is 2.39 bits per heavy atom. The standard InChI is InChI=1S/C17H25BFNO3/c1-6-7-10-20-15(21)13-11-12(19)8-9-14(13)18-22-16(2,3)17(4,5)23-18/h8-9,11H,6-7,10H2,1-5H3,(H,20,21). The summed E-state index contributed by atoms with van der Waals surface area (Å²) in [4.78, 5) is 12.4. The van der Waals surface area contributed by atoms with Crippen molar-refractivity contribution < 1.29 is 18.5 Å². The average molecular weight is 321 g/mol. The van der Waals surface area contributed by atoms with Gasteiger partial charge in [-0.1, -0.05) is 19.4 Å². The van der Waals surface area contributed by atoms with E-state index in [9.17, 15) is 9.18 Å². The average Bonchev–Trinajstić information content (AvgIpc) is 2.67. The van der Waals surface area contributed by atoms with Crippen LogP contribution in [0.15, 0.2) is 18.2 Å². The molecule has 1 heterocycles. The van der Waals surface area contributed by atoms with Gasteiger partial charge < -0.3 is 14.6 Å². The van der Waals surface area contributed by atoms with E-state index < -0.39 is 24.1 Å². The lowest BCUT2D eigenvalue weighted by Gasteiger charge is -2.32. The second-order valence-corrected chi connectivity index (χ2v) is 6.93. The second kappa shape index (κ2) is 6.61. The van der Waals surface area contributed by atoms with Crippen molar-refractivity contribution in [2.75, 3.05) is 6.54 Å². The lowest BCUT2D eigenvalue weighted by molar-refractivity contribution is 0.00578. The zero-order valence-electron chi connectivity index (χ0n) is 14.5. The summed E-state index contributed by atoms with van der Waals surface area (Å²) < 4.78 is 25.6. The first kappa shape index (κ1) is 18.0. The summed E-state index contributed by atoms with van der Waals surface area (Å²) in [5.74, 6) is -0.756. The molecule has 1 aromatic carbocycles. The number of benzene rings is 1. The van der Waals surface area contributed by atoms with E-state index in [-0.39, 0.29) is 11.5 Å². The molecule has 1 aromatic rings. The molecule has 1 fully saturated rings. The van der Waals surface area contributed by atoms with E-state index in [1.165, 1.54) is 12.1 Å². The van der Waals surface area contributed by atoms with Gasteiger partial charge in [0.25, 0.3) is 5.91 Å². The van der Waals surface area contributed by atoms with Crippen LogP contribution in [0.25, 0.3) is 0 Å². The lowest BCUT2D eigenvalue weighted by atomic mass is 9.75. The van der Waals surface area contributed by atoms with Crippen molar-refractivity contribution in [2.24, 2.45) is 0 Å². The summed E-state index contributed by atoms with van der Waals surface area (Å²) in [5.41, 5.74) is -0.206. The molecule has 1 amide bonds. The van der Waals surface area contributed by atoms with Crippen LogP contribution in [0.3, 0.4) is 0 Å². The van der Waals surface area contributed by atoms with E-state index in [0.717, 1.165) is 12.8 Å². The number of amides is 1. The first-order valence-electron chi connectivity index (χ1n) is 8.11. The van der Waals surface area contributed by atoms with Crippen molar-refractivity contribution in [3.63, 3.8) is 0 Å². The highest BCUT2D eigenvalue weighted by molar-refractivity contribution is 6.63. The van der Waals surface area contributed by atoms with Crippen molar-refractivity contribution in [1.29, 1.82) is 0 Å². The minimum Gasteiger partial charge on any atom is -0.399 e. The summed E-state index contributed by atoms with van der Waals surface area (Å²) >= 11 is 0. The monoisotopic (exact) mass is 321 g/mol. The maximum absolute atomic E-state index is 13.6. The van der Waals surface area contributed by atoms with Crippen molar-refractivity contribution in [2.45, 2.75) is 58.7 Å². The van der Waals surface area contributed by atoms with E-state index in [1.54, 1.807) is 6.07 Å². The molecule has 0 saturated carbocycles. The Bertz CT molecular complexity index is 573. The molecule has 126 valence electrons. The van der Waals surface area contributed by atoms with Gasteiger partial charge in [0.1, 0.15) is 5.82 Å². The zero-order chi connectivity index (χ0) is 17.3. The van der Waals surface area contributed by atoms with Gasteiger partial charge in [0.05, 0.1) is 11.2 Å². The number of hydrogen-bond acceptors (Lipinski definition) is 3. The Kier molecular flexibility index (Phi) is 5.16. The summed E-state index contributed by atoms with van der Waals surface area (Å²) in [5, 5.41) is 2.82. The van der Waals surface area contributed by atoms with Crippen LogP contribution < -0.4 is 10.8 Å². The SMILES string of the molecule is CCCCNC(=O)c1cc(F)ccc1B1OC(C)(C)C(C)(C)O1. The van der Waals surface area contributed by atoms with Gasteiger partial charge in [-0.05, 0) is 51.7 Å². The number of carbonyl (C=O) groups is 1. The van der Waals surface area contributed by atoms with Crippen LogP contribution in [-0.2, 0) is 9.31 Å². The fraction of sp³-hybridized carbons (Fsp3) is 0.588. The van der Waals surface area contributed by atoms with Crippen LogP contribution in [0, 0.1) is 5.82 Å². The predicted molar refractivity (Wildman–Crippen MR) is 89.4 cm³/mol. The van der Waals surface area contributed by atoms with E-state index >= 15 is 0 Å². The Morgan fingerprint density at radius 1 is 1.22 bits per heavy atom. The van der Waals surface area contributed by atoms with E-state index in [0.29, 0.717) is 12.0 Å². The Balaban J connectivity index is 2.28.